The highest BCUT2D eigenvalue weighted by atomic mass is 16.1. The number of benzene rings is 1. The molecule has 2 heterocycles. The van der Waals surface area contributed by atoms with Crippen molar-refractivity contribution in [1.82, 2.24) is 14.5 Å². The molecule has 2 aromatic rings. The van der Waals surface area contributed by atoms with Crippen molar-refractivity contribution in [1.29, 1.82) is 0 Å². The molecule has 1 aliphatic heterocycles. The van der Waals surface area contributed by atoms with Gasteiger partial charge in [-0.2, -0.15) is 0 Å². The zero-order valence-electron chi connectivity index (χ0n) is 12.5. The van der Waals surface area contributed by atoms with Crippen LogP contribution in [0.1, 0.15) is 19.3 Å². The van der Waals surface area contributed by atoms with Crippen LogP contribution in [-0.2, 0) is 7.05 Å². The largest absolute Gasteiger partial charge is 0.385 e. The molecule has 21 heavy (non-hydrogen) atoms. The molecule has 1 fully saturated rings. The lowest BCUT2D eigenvalue weighted by Gasteiger charge is -2.14. The Labute approximate surface area is 124 Å². The number of aryl methyl sites for hydroxylation is 1. The number of hydrogen-bond acceptors (Lipinski definition) is 4. The van der Waals surface area contributed by atoms with E-state index in [2.05, 4.69) is 15.2 Å². The molecule has 1 aromatic carbocycles. The average Bonchev–Trinajstić information content (AvgIpc) is 3.01. The van der Waals surface area contributed by atoms with Gasteiger partial charge in [0, 0.05) is 19.3 Å². The first-order valence-corrected chi connectivity index (χ1v) is 7.66. The first-order valence-electron chi connectivity index (χ1n) is 7.66. The Morgan fingerprint density at radius 1 is 1.29 bits per heavy atom. The van der Waals surface area contributed by atoms with Gasteiger partial charge in [-0.05, 0) is 57.1 Å². The number of rotatable bonds is 5. The molecule has 0 amide bonds. The second kappa shape index (κ2) is 6.26. The predicted molar refractivity (Wildman–Crippen MR) is 85.8 cm³/mol. The van der Waals surface area contributed by atoms with E-state index in [0.717, 1.165) is 24.2 Å². The van der Waals surface area contributed by atoms with Crippen LogP contribution >= 0.6 is 0 Å². The summed E-state index contributed by atoms with van der Waals surface area (Å²) in [7, 11) is 1.72. The molecule has 1 aliphatic rings. The fraction of sp³-hybridized carbons (Fsp3) is 0.500. The van der Waals surface area contributed by atoms with Gasteiger partial charge >= 0.3 is 0 Å². The Hall–Kier alpha value is -1.88. The Kier molecular flexibility index (Phi) is 4.20. The van der Waals surface area contributed by atoms with E-state index in [1.165, 1.54) is 37.0 Å². The summed E-state index contributed by atoms with van der Waals surface area (Å²) in [5, 5.41) is 4.09. The molecule has 5 nitrogen and oxygen atoms in total. The maximum Gasteiger partial charge on any atom is 0.260 e. The van der Waals surface area contributed by atoms with Crippen LogP contribution in [0.4, 0.5) is 5.69 Å². The van der Waals surface area contributed by atoms with Crippen LogP contribution in [0.15, 0.2) is 29.3 Å². The third-order valence-corrected chi connectivity index (χ3v) is 4.10. The minimum Gasteiger partial charge on any atom is -0.385 e. The second-order valence-corrected chi connectivity index (χ2v) is 5.72. The van der Waals surface area contributed by atoms with Gasteiger partial charge in [-0.25, -0.2) is 4.98 Å². The Balaban J connectivity index is 1.59. The first-order chi connectivity index (χ1) is 10.2. The lowest BCUT2D eigenvalue weighted by atomic mass is 10.2. The molecule has 0 radical (unpaired) electrons. The van der Waals surface area contributed by atoms with E-state index in [-0.39, 0.29) is 5.56 Å². The summed E-state index contributed by atoms with van der Waals surface area (Å²) in [4.78, 5) is 18.8. The van der Waals surface area contributed by atoms with Gasteiger partial charge in [-0.15, -0.1) is 0 Å². The van der Waals surface area contributed by atoms with E-state index in [9.17, 15) is 4.79 Å². The van der Waals surface area contributed by atoms with E-state index in [1.54, 1.807) is 13.4 Å². The third kappa shape index (κ3) is 3.24. The number of aromatic nitrogens is 2. The molecule has 0 atom stereocenters. The molecule has 1 N–H and O–H groups in total. The molecule has 0 spiro atoms. The fourth-order valence-electron chi connectivity index (χ4n) is 2.86. The van der Waals surface area contributed by atoms with Crippen molar-refractivity contribution in [3.05, 3.63) is 34.9 Å². The SMILES string of the molecule is Cn1cnc2cc(NCCCN3CCCC3)ccc2c1=O. The van der Waals surface area contributed by atoms with E-state index in [0.29, 0.717) is 5.39 Å². The lowest BCUT2D eigenvalue weighted by molar-refractivity contribution is 0.337. The van der Waals surface area contributed by atoms with Crippen molar-refractivity contribution in [3.8, 4) is 0 Å². The lowest BCUT2D eigenvalue weighted by Crippen LogP contribution is -2.22. The van der Waals surface area contributed by atoms with Gasteiger partial charge in [0.05, 0.1) is 17.2 Å². The molecular weight excluding hydrogens is 264 g/mol. The summed E-state index contributed by atoms with van der Waals surface area (Å²) in [5.41, 5.74) is 1.79. The molecule has 112 valence electrons. The molecule has 0 aliphatic carbocycles. The van der Waals surface area contributed by atoms with Gasteiger partial charge in [-0.1, -0.05) is 0 Å². The van der Waals surface area contributed by atoms with Gasteiger partial charge in [0.1, 0.15) is 0 Å². The molecule has 3 rings (SSSR count). The van der Waals surface area contributed by atoms with Gasteiger partial charge in [0.15, 0.2) is 0 Å². The molecule has 1 aromatic heterocycles. The number of nitrogens with one attached hydrogen (secondary N) is 1. The molecule has 0 bridgehead atoms. The summed E-state index contributed by atoms with van der Waals surface area (Å²) in [6, 6.07) is 5.77. The summed E-state index contributed by atoms with van der Waals surface area (Å²) >= 11 is 0. The first kappa shape index (κ1) is 14.1. The zero-order valence-corrected chi connectivity index (χ0v) is 12.5. The van der Waals surface area contributed by atoms with Crippen molar-refractivity contribution in [2.24, 2.45) is 7.05 Å². The van der Waals surface area contributed by atoms with Crippen LogP contribution in [0.3, 0.4) is 0 Å². The van der Waals surface area contributed by atoms with Crippen molar-refractivity contribution >= 4 is 16.6 Å². The van der Waals surface area contributed by atoms with E-state index >= 15 is 0 Å². The summed E-state index contributed by atoms with van der Waals surface area (Å²) < 4.78 is 1.51. The molecule has 5 heteroatoms. The fourth-order valence-corrected chi connectivity index (χ4v) is 2.86. The number of hydrogen-bond donors (Lipinski definition) is 1. The van der Waals surface area contributed by atoms with Crippen LogP contribution in [-0.4, -0.2) is 40.6 Å². The minimum absolute atomic E-state index is 0.000540. The maximum atomic E-state index is 11.9. The van der Waals surface area contributed by atoms with Crippen molar-refractivity contribution in [3.63, 3.8) is 0 Å². The Morgan fingerprint density at radius 3 is 2.90 bits per heavy atom. The highest BCUT2D eigenvalue weighted by Crippen LogP contribution is 2.14. The van der Waals surface area contributed by atoms with Gasteiger partial charge < -0.3 is 14.8 Å². The summed E-state index contributed by atoms with van der Waals surface area (Å²) in [5.74, 6) is 0. The summed E-state index contributed by atoms with van der Waals surface area (Å²) in [6.45, 7) is 4.62. The Morgan fingerprint density at radius 2 is 2.10 bits per heavy atom. The quantitative estimate of drug-likeness (QED) is 0.852. The second-order valence-electron chi connectivity index (χ2n) is 5.72. The molecular formula is C16H22N4O. The van der Waals surface area contributed by atoms with Crippen LogP contribution < -0.4 is 10.9 Å². The number of likely N-dealkylation sites (tertiary alicyclic amines) is 1. The standard InChI is InChI=1S/C16H22N4O/c1-19-12-18-15-11-13(5-6-14(15)16(19)21)17-7-4-10-20-8-2-3-9-20/h5-6,11-12,17H,2-4,7-10H2,1H3. The summed E-state index contributed by atoms with van der Waals surface area (Å²) in [6.07, 6.45) is 5.40. The van der Waals surface area contributed by atoms with Crippen LogP contribution in [0.2, 0.25) is 0 Å². The average molecular weight is 286 g/mol. The number of fused-ring (bicyclic) bond motifs is 1. The van der Waals surface area contributed by atoms with Crippen molar-refractivity contribution in [2.45, 2.75) is 19.3 Å². The van der Waals surface area contributed by atoms with Crippen molar-refractivity contribution in [2.75, 3.05) is 31.5 Å². The zero-order chi connectivity index (χ0) is 14.7. The minimum atomic E-state index is 0.000540. The van der Waals surface area contributed by atoms with Gasteiger partial charge in [-0.3, -0.25) is 4.79 Å². The number of nitrogens with zero attached hydrogens (tertiary/aromatic N) is 3. The van der Waals surface area contributed by atoms with E-state index in [1.807, 2.05) is 18.2 Å². The van der Waals surface area contributed by atoms with Crippen LogP contribution in [0, 0.1) is 0 Å². The monoisotopic (exact) mass is 286 g/mol. The molecule has 1 saturated heterocycles. The Bertz CT molecular complexity index is 674. The topological polar surface area (TPSA) is 50.2 Å². The van der Waals surface area contributed by atoms with Gasteiger partial charge in [0.2, 0.25) is 0 Å². The van der Waals surface area contributed by atoms with Gasteiger partial charge in [0.25, 0.3) is 5.56 Å². The maximum absolute atomic E-state index is 11.9. The molecule has 0 unspecified atom stereocenters. The normalized spacial score (nSPS) is 15.7. The third-order valence-electron chi connectivity index (χ3n) is 4.10. The van der Waals surface area contributed by atoms with E-state index < -0.39 is 0 Å². The number of anilines is 1. The molecule has 0 saturated carbocycles. The van der Waals surface area contributed by atoms with Crippen molar-refractivity contribution < 1.29 is 0 Å². The van der Waals surface area contributed by atoms with Crippen LogP contribution in [0.25, 0.3) is 10.9 Å². The highest BCUT2D eigenvalue weighted by molar-refractivity contribution is 5.81. The predicted octanol–water partition coefficient (Wildman–Crippen LogP) is 1.83. The van der Waals surface area contributed by atoms with E-state index in [4.69, 9.17) is 0 Å². The smallest absolute Gasteiger partial charge is 0.260 e. The van der Waals surface area contributed by atoms with Crippen LogP contribution in [0.5, 0.6) is 0 Å². The highest BCUT2D eigenvalue weighted by Gasteiger charge is 2.10.